The van der Waals surface area contributed by atoms with Crippen molar-refractivity contribution in [3.63, 3.8) is 0 Å². The number of thiol groups is 1. The van der Waals surface area contributed by atoms with Crippen LogP contribution in [-0.4, -0.2) is 0 Å². The maximum atomic E-state index is 4.64. The third kappa shape index (κ3) is 5.27. The van der Waals surface area contributed by atoms with E-state index < -0.39 is 0 Å². The standard InChI is InChI=1S/C14H22S/c1-2-3-4-5-9-12-14(15)13-10-7-6-8-11-13/h6-8,10-11,14-15H,2-5,9,12H2,1H3. The average Bonchev–Trinajstić information content (AvgIpc) is 2.30. The molecule has 0 aromatic heterocycles. The maximum Gasteiger partial charge on any atom is 0.0267 e. The second-order valence-electron chi connectivity index (χ2n) is 4.13. The lowest BCUT2D eigenvalue weighted by Crippen LogP contribution is -1.90. The van der Waals surface area contributed by atoms with Crippen molar-refractivity contribution in [2.24, 2.45) is 0 Å². The maximum absolute atomic E-state index is 4.64. The van der Waals surface area contributed by atoms with Crippen LogP contribution in [0.3, 0.4) is 0 Å². The van der Waals surface area contributed by atoms with Gasteiger partial charge in [-0.05, 0) is 12.0 Å². The highest BCUT2D eigenvalue weighted by Gasteiger charge is 2.04. The number of hydrogen-bond donors (Lipinski definition) is 1. The predicted octanol–water partition coefficient (Wildman–Crippen LogP) is 5.02. The van der Waals surface area contributed by atoms with E-state index in [1.165, 1.54) is 44.1 Å². The third-order valence-electron chi connectivity index (χ3n) is 2.77. The molecule has 0 bridgehead atoms. The van der Waals surface area contributed by atoms with E-state index >= 15 is 0 Å². The third-order valence-corrected chi connectivity index (χ3v) is 3.32. The predicted molar refractivity (Wildman–Crippen MR) is 71.5 cm³/mol. The summed E-state index contributed by atoms with van der Waals surface area (Å²) >= 11 is 4.64. The summed E-state index contributed by atoms with van der Waals surface area (Å²) in [7, 11) is 0. The summed E-state index contributed by atoms with van der Waals surface area (Å²) in [5.74, 6) is 0. The van der Waals surface area contributed by atoms with Gasteiger partial charge in [-0.2, -0.15) is 12.6 Å². The number of hydrogen-bond acceptors (Lipinski definition) is 1. The van der Waals surface area contributed by atoms with E-state index in [9.17, 15) is 0 Å². The minimum Gasteiger partial charge on any atom is -0.171 e. The van der Waals surface area contributed by atoms with Crippen LogP contribution in [0.15, 0.2) is 30.3 Å². The topological polar surface area (TPSA) is 0 Å². The lowest BCUT2D eigenvalue weighted by Gasteiger charge is -2.10. The van der Waals surface area contributed by atoms with Gasteiger partial charge in [0, 0.05) is 5.25 Å². The first kappa shape index (κ1) is 12.6. The Labute approximate surface area is 99.5 Å². The Bertz CT molecular complexity index is 243. The Balaban J connectivity index is 2.16. The molecule has 0 aliphatic carbocycles. The molecule has 0 saturated heterocycles. The van der Waals surface area contributed by atoms with Gasteiger partial charge in [-0.3, -0.25) is 0 Å². The van der Waals surface area contributed by atoms with Crippen molar-refractivity contribution in [1.82, 2.24) is 0 Å². The molecule has 84 valence electrons. The van der Waals surface area contributed by atoms with Crippen LogP contribution in [0.1, 0.15) is 56.3 Å². The van der Waals surface area contributed by atoms with Crippen molar-refractivity contribution in [2.45, 2.75) is 50.7 Å². The van der Waals surface area contributed by atoms with Crippen LogP contribution in [0.4, 0.5) is 0 Å². The quantitative estimate of drug-likeness (QED) is 0.486. The number of benzene rings is 1. The Morgan fingerprint density at radius 2 is 1.67 bits per heavy atom. The molecule has 1 aromatic rings. The number of rotatable bonds is 7. The van der Waals surface area contributed by atoms with Gasteiger partial charge in [0.2, 0.25) is 0 Å². The smallest absolute Gasteiger partial charge is 0.0267 e. The molecule has 0 heterocycles. The normalized spacial score (nSPS) is 12.7. The highest BCUT2D eigenvalue weighted by atomic mass is 32.1. The van der Waals surface area contributed by atoms with Gasteiger partial charge in [-0.25, -0.2) is 0 Å². The summed E-state index contributed by atoms with van der Waals surface area (Å²) in [5.41, 5.74) is 1.36. The van der Waals surface area contributed by atoms with E-state index in [0.29, 0.717) is 5.25 Å². The van der Waals surface area contributed by atoms with Crippen LogP contribution in [-0.2, 0) is 0 Å². The van der Waals surface area contributed by atoms with Crippen molar-refractivity contribution in [3.05, 3.63) is 35.9 Å². The van der Waals surface area contributed by atoms with E-state index in [1.54, 1.807) is 0 Å². The molecule has 1 heteroatoms. The van der Waals surface area contributed by atoms with Crippen LogP contribution in [0.5, 0.6) is 0 Å². The molecular weight excluding hydrogens is 200 g/mol. The first-order valence-corrected chi connectivity index (χ1v) is 6.59. The first-order chi connectivity index (χ1) is 7.34. The van der Waals surface area contributed by atoms with Gasteiger partial charge in [0.1, 0.15) is 0 Å². The minimum absolute atomic E-state index is 0.424. The molecule has 0 spiro atoms. The molecule has 1 unspecified atom stereocenters. The summed E-state index contributed by atoms with van der Waals surface area (Å²) < 4.78 is 0. The van der Waals surface area contributed by atoms with Gasteiger partial charge < -0.3 is 0 Å². The average molecular weight is 222 g/mol. The largest absolute Gasteiger partial charge is 0.171 e. The zero-order chi connectivity index (χ0) is 10.9. The fourth-order valence-corrected chi connectivity index (χ4v) is 2.14. The second kappa shape index (κ2) is 7.81. The lowest BCUT2D eigenvalue weighted by molar-refractivity contribution is 0.604. The summed E-state index contributed by atoms with van der Waals surface area (Å²) in [6.07, 6.45) is 7.95. The SMILES string of the molecule is CCCCCCCC(S)c1ccccc1. The summed E-state index contributed by atoms with van der Waals surface area (Å²) in [6, 6.07) is 10.6. The van der Waals surface area contributed by atoms with E-state index in [4.69, 9.17) is 0 Å². The molecule has 1 atom stereocenters. The molecule has 0 aliphatic heterocycles. The van der Waals surface area contributed by atoms with Crippen LogP contribution in [0.25, 0.3) is 0 Å². The van der Waals surface area contributed by atoms with Crippen molar-refractivity contribution in [1.29, 1.82) is 0 Å². The molecule has 1 aromatic carbocycles. The van der Waals surface area contributed by atoms with E-state index in [1.807, 2.05) is 0 Å². The molecule has 15 heavy (non-hydrogen) atoms. The molecule has 0 amide bonds. The van der Waals surface area contributed by atoms with Gasteiger partial charge in [0.15, 0.2) is 0 Å². The fourth-order valence-electron chi connectivity index (χ4n) is 1.78. The van der Waals surface area contributed by atoms with Crippen molar-refractivity contribution < 1.29 is 0 Å². The van der Waals surface area contributed by atoms with Crippen LogP contribution >= 0.6 is 12.6 Å². The lowest BCUT2D eigenvalue weighted by atomic mass is 10.0. The second-order valence-corrected chi connectivity index (χ2v) is 4.75. The molecule has 1 rings (SSSR count). The Kier molecular flexibility index (Phi) is 6.58. The van der Waals surface area contributed by atoms with Gasteiger partial charge >= 0.3 is 0 Å². The first-order valence-electron chi connectivity index (χ1n) is 6.07. The molecule has 0 N–H and O–H groups in total. The van der Waals surface area contributed by atoms with Gasteiger partial charge in [-0.15, -0.1) is 0 Å². The summed E-state index contributed by atoms with van der Waals surface area (Å²) in [4.78, 5) is 0. The summed E-state index contributed by atoms with van der Waals surface area (Å²) in [6.45, 7) is 2.26. The molecule has 0 fully saturated rings. The van der Waals surface area contributed by atoms with E-state index in [2.05, 4.69) is 49.9 Å². The Morgan fingerprint density at radius 3 is 2.33 bits per heavy atom. The van der Waals surface area contributed by atoms with Gasteiger partial charge in [0.05, 0.1) is 0 Å². The Hall–Kier alpha value is -0.430. The van der Waals surface area contributed by atoms with Crippen LogP contribution in [0, 0.1) is 0 Å². The molecule has 0 nitrogen and oxygen atoms in total. The Morgan fingerprint density at radius 1 is 1.00 bits per heavy atom. The van der Waals surface area contributed by atoms with Gasteiger partial charge in [0.25, 0.3) is 0 Å². The van der Waals surface area contributed by atoms with Crippen molar-refractivity contribution >= 4 is 12.6 Å². The zero-order valence-corrected chi connectivity index (χ0v) is 10.5. The molecule has 0 saturated carbocycles. The molecule has 0 aliphatic rings. The molecule has 0 radical (unpaired) electrons. The fraction of sp³-hybridized carbons (Fsp3) is 0.571. The zero-order valence-electron chi connectivity index (χ0n) is 9.65. The number of unbranched alkanes of at least 4 members (excludes halogenated alkanes) is 4. The molecular formula is C14H22S. The minimum atomic E-state index is 0.424. The van der Waals surface area contributed by atoms with Crippen molar-refractivity contribution in [3.8, 4) is 0 Å². The van der Waals surface area contributed by atoms with Crippen LogP contribution < -0.4 is 0 Å². The van der Waals surface area contributed by atoms with Crippen LogP contribution in [0.2, 0.25) is 0 Å². The van der Waals surface area contributed by atoms with E-state index in [0.717, 1.165) is 0 Å². The highest BCUT2D eigenvalue weighted by molar-refractivity contribution is 7.80. The highest BCUT2D eigenvalue weighted by Crippen LogP contribution is 2.25. The van der Waals surface area contributed by atoms with E-state index in [-0.39, 0.29) is 0 Å². The van der Waals surface area contributed by atoms with Gasteiger partial charge in [-0.1, -0.05) is 69.4 Å². The van der Waals surface area contributed by atoms with Crippen molar-refractivity contribution in [2.75, 3.05) is 0 Å². The summed E-state index contributed by atoms with van der Waals surface area (Å²) in [5, 5.41) is 0.424. The monoisotopic (exact) mass is 222 g/mol.